The smallest absolute Gasteiger partial charge is 0.275 e. The SMILES string of the molecule is COc1ccc(Cl)cc1NC(=O)c1nc(C)cc2ccccc12. The third-order valence-electron chi connectivity index (χ3n) is 3.49. The van der Waals surface area contributed by atoms with E-state index in [-0.39, 0.29) is 5.91 Å². The number of carbonyl (C=O) groups is 1. The van der Waals surface area contributed by atoms with Crippen molar-refractivity contribution < 1.29 is 9.53 Å². The summed E-state index contributed by atoms with van der Waals surface area (Å²) < 4.78 is 5.25. The van der Waals surface area contributed by atoms with Crippen LogP contribution in [0.3, 0.4) is 0 Å². The molecule has 2 aromatic carbocycles. The average Bonchev–Trinajstić information content (AvgIpc) is 2.54. The molecule has 23 heavy (non-hydrogen) atoms. The minimum atomic E-state index is -0.300. The largest absolute Gasteiger partial charge is 0.495 e. The molecule has 0 fully saturated rings. The molecule has 4 nitrogen and oxygen atoms in total. The molecule has 0 aliphatic heterocycles. The van der Waals surface area contributed by atoms with Crippen LogP contribution in [-0.4, -0.2) is 18.0 Å². The number of aryl methyl sites for hydroxylation is 1. The molecule has 0 saturated carbocycles. The van der Waals surface area contributed by atoms with Crippen molar-refractivity contribution in [1.82, 2.24) is 4.98 Å². The Bertz CT molecular complexity index is 893. The van der Waals surface area contributed by atoms with E-state index in [0.717, 1.165) is 16.5 Å². The van der Waals surface area contributed by atoms with Crippen molar-refractivity contribution in [3.05, 3.63) is 64.9 Å². The molecular weight excluding hydrogens is 312 g/mol. The van der Waals surface area contributed by atoms with E-state index in [0.29, 0.717) is 22.2 Å². The van der Waals surface area contributed by atoms with E-state index in [1.807, 2.05) is 37.3 Å². The van der Waals surface area contributed by atoms with Crippen LogP contribution in [0.1, 0.15) is 16.2 Å². The highest BCUT2D eigenvalue weighted by atomic mass is 35.5. The highest BCUT2D eigenvalue weighted by Crippen LogP contribution is 2.28. The number of rotatable bonds is 3. The summed E-state index contributed by atoms with van der Waals surface area (Å²) in [5.41, 5.74) is 1.67. The lowest BCUT2D eigenvalue weighted by Gasteiger charge is -2.12. The van der Waals surface area contributed by atoms with Crippen molar-refractivity contribution in [2.45, 2.75) is 6.92 Å². The van der Waals surface area contributed by atoms with Gasteiger partial charge in [0.15, 0.2) is 0 Å². The van der Waals surface area contributed by atoms with E-state index >= 15 is 0 Å². The average molecular weight is 327 g/mol. The zero-order valence-electron chi connectivity index (χ0n) is 12.8. The van der Waals surface area contributed by atoms with Crippen LogP contribution < -0.4 is 10.1 Å². The van der Waals surface area contributed by atoms with Gasteiger partial charge >= 0.3 is 0 Å². The molecule has 1 heterocycles. The molecule has 3 rings (SSSR count). The number of aromatic nitrogens is 1. The van der Waals surface area contributed by atoms with Gasteiger partial charge in [-0.25, -0.2) is 4.98 Å². The molecule has 5 heteroatoms. The Morgan fingerprint density at radius 1 is 1.17 bits per heavy atom. The number of fused-ring (bicyclic) bond motifs is 1. The summed E-state index contributed by atoms with van der Waals surface area (Å²) in [4.78, 5) is 17.1. The van der Waals surface area contributed by atoms with Crippen LogP contribution >= 0.6 is 11.6 Å². The maximum atomic E-state index is 12.7. The van der Waals surface area contributed by atoms with Gasteiger partial charge in [0.25, 0.3) is 5.91 Å². The van der Waals surface area contributed by atoms with Crippen LogP contribution in [0.4, 0.5) is 5.69 Å². The molecule has 3 aromatic rings. The third kappa shape index (κ3) is 3.12. The predicted molar refractivity (Wildman–Crippen MR) is 92.4 cm³/mol. The monoisotopic (exact) mass is 326 g/mol. The van der Waals surface area contributed by atoms with E-state index in [4.69, 9.17) is 16.3 Å². The molecule has 0 aliphatic rings. The van der Waals surface area contributed by atoms with Crippen LogP contribution in [0, 0.1) is 6.92 Å². The van der Waals surface area contributed by atoms with Crippen LogP contribution in [0.15, 0.2) is 48.5 Å². The Hall–Kier alpha value is -2.59. The quantitative estimate of drug-likeness (QED) is 0.773. The Kier molecular flexibility index (Phi) is 4.17. The number of hydrogen-bond acceptors (Lipinski definition) is 3. The Labute approximate surface area is 139 Å². The van der Waals surface area contributed by atoms with Crippen molar-refractivity contribution in [3.63, 3.8) is 0 Å². The van der Waals surface area contributed by atoms with Gasteiger partial charge in [0, 0.05) is 16.1 Å². The fourth-order valence-electron chi connectivity index (χ4n) is 2.46. The molecule has 0 aliphatic carbocycles. The minimum absolute atomic E-state index is 0.300. The first-order valence-corrected chi connectivity index (χ1v) is 7.47. The maximum Gasteiger partial charge on any atom is 0.275 e. The summed E-state index contributed by atoms with van der Waals surface area (Å²) >= 11 is 6.00. The van der Waals surface area contributed by atoms with Crippen LogP contribution in [0.2, 0.25) is 5.02 Å². The lowest BCUT2D eigenvalue weighted by atomic mass is 10.1. The molecule has 0 radical (unpaired) electrons. The van der Waals surface area contributed by atoms with Gasteiger partial charge in [-0.3, -0.25) is 4.79 Å². The highest BCUT2D eigenvalue weighted by molar-refractivity contribution is 6.31. The lowest BCUT2D eigenvalue weighted by Crippen LogP contribution is -2.15. The number of halogens is 1. The lowest BCUT2D eigenvalue weighted by molar-refractivity contribution is 0.102. The summed E-state index contributed by atoms with van der Waals surface area (Å²) in [6.07, 6.45) is 0. The Morgan fingerprint density at radius 2 is 1.96 bits per heavy atom. The van der Waals surface area contributed by atoms with Crippen molar-refractivity contribution in [3.8, 4) is 5.75 Å². The van der Waals surface area contributed by atoms with Gasteiger partial charge < -0.3 is 10.1 Å². The molecular formula is C18H15ClN2O2. The van der Waals surface area contributed by atoms with Gasteiger partial charge in [-0.2, -0.15) is 0 Å². The molecule has 0 saturated heterocycles. The van der Waals surface area contributed by atoms with E-state index in [9.17, 15) is 4.79 Å². The summed E-state index contributed by atoms with van der Waals surface area (Å²) in [6, 6.07) is 14.7. The number of ether oxygens (including phenoxy) is 1. The van der Waals surface area contributed by atoms with E-state index in [1.54, 1.807) is 25.3 Å². The zero-order valence-corrected chi connectivity index (χ0v) is 13.5. The number of nitrogens with one attached hydrogen (secondary N) is 1. The number of benzene rings is 2. The summed E-state index contributed by atoms with van der Waals surface area (Å²) in [5.74, 6) is 0.241. The second kappa shape index (κ2) is 6.26. The molecule has 0 bridgehead atoms. The second-order valence-electron chi connectivity index (χ2n) is 5.13. The van der Waals surface area contributed by atoms with Crippen molar-refractivity contribution in [1.29, 1.82) is 0 Å². The van der Waals surface area contributed by atoms with E-state index < -0.39 is 0 Å². The van der Waals surface area contributed by atoms with E-state index in [2.05, 4.69) is 10.3 Å². The molecule has 1 amide bonds. The standard InChI is InChI=1S/C18H15ClN2O2/c1-11-9-12-5-3-4-6-14(12)17(20-11)18(22)21-15-10-13(19)7-8-16(15)23-2/h3-10H,1-2H3,(H,21,22). The van der Waals surface area contributed by atoms with Crippen LogP contribution in [-0.2, 0) is 0 Å². The number of pyridine rings is 1. The van der Waals surface area contributed by atoms with Gasteiger partial charge in [-0.1, -0.05) is 35.9 Å². The van der Waals surface area contributed by atoms with Gasteiger partial charge in [-0.15, -0.1) is 0 Å². The summed E-state index contributed by atoms with van der Waals surface area (Å²) in [7, 11) is 1.54. The third-order valence-corrected chi connectivity index (χ3v) is 3.73. The summed E-state index contributed by atoms with van der Waals surface area (Å²) in [5, 5.41) is 5.12. The number of carbonyl (C=O) groups excluding carboxylic acids is 1. The molecule has 0 atom stereocenters. The van der Waals surface area contributed by atoms with Gasteiger partial charge in [0.2, 0.25) is 0 Å². The van der Waals surface area contributed by atoms with Gasteiger partial charge in [-0.05, 0) is 36.6 Å². The molecule has 116 valence electrons. The highest BCUT2D eigenvalue weighted by Gasteiger charge is 2.15. The van der Waals surface area contributed by atoms with Gasteiger partial charge in [0.1, 0.15) is 11.4 Å². The number of hydrogen-bond donors (Lipinski definition) is 1. The molecule has 1 N–H and O–H groups in total. The van der Waals surface area contributed by atoms with Crippen molar-refractivity contribution in [2.75, 3.05) is 12.4 Å². The fraction of sp³-hybridized carbons (Fsp3) is 0.111. The number of anilines is 1. The second-order valence-corrected chi connectivity index (χ2v) is 5.57. The number of nitrogens with zero attached hydrogens (tertiary/aromatic N) is 1. The van der Waals surface area contributed by atoms with Crippen molar-refractivity contribution >= 4 is 34.0 Å². The first-order chi connectivity index (χ1) is 11.1. The maximum absolute atomic E-state index is 12.7. The molecule has 0 spiro atoms. The zero-order chi connectivity index (χ0) is 16.4. The normalized spacial score (nSPS) is 10.6. The Balaban J connectivity index is 2.03. The van der Waals surface area contributed by atoms with E-state index in [1.165, 1.54) is 0 Å². The van der Waals surface area contributed by atoms with Crippen molar-refractivity contribution in [2.24, 2.45) is 0 Å². The fourth-order valence-corrected chi connectivity index (χ4v) is 2.64. The first kappa shape index (κ1) is 15.3. The number of methoxy groups -OCH3 is 1. The first-order valence-electron chi connectivity index (χ1n) is 7.10. The van der Waals surface area contributed by atoms with Crippen LogP contribution in [0.5, 0.6) is 5.75 Å². The molecule has 1 aromatic heterocycles. The summed E-state index contributed by atoms with van der Waals surface area (Å²) in [6.45, 7) is 1.86. The minimum Gasteiger partial charge on any atom is -0.495 e. The van der Waals surface area contributed by atoms with Crippen LogP contribution in [0.25, 0.3) is 10.8 Å². The number of amides is 1. The molecule has 0 unspecified atom stereocenters. The van der Waals surface area contributed by atoms with Gasteiger partial charge in [0.05, 0.1) is 12.8 Å². The Morgan fingerprint density at radius 3 is 2.74 bits per heavy atom. The predicted octanol–water partition coefficient (Wildman–Crippen LogP) is 4.46. The topological polar surface area (TPSA) is 51.2 Å².